The summed E-state index contributed by atoms with van der Waals surface area (Å²) < 4.78 is 5.50. The van der Waals surface area contributed by atoms with Crippen molar-refractivity contribution in [2.24, 2.45) is 4.99 Å². The fraction of sp³-hybridized carbons (Fsp3) is 0.375. The summed E-state index contributed by atoms with van der Waals surface area (Å²) in [4.78, 5) is 24.2. The number of aryl methyl sites for hydroxylation is 2. The van der Waals surface area contributed by atoms with E-state index in [0.29, 0.717) is 37.0 Å². The van der Waals surface area contributed by atoms with Gasteiger partial charge in [-0.25, -0.2) is 4.98 Å². The Balaban J connectivity index is 1.69. The number of hydrogen-bond donors (Lipinski definition) is 3. The lowest BCUT2D eigenvalue weighted by molar-refractivity contribution is 0.0954. The summed E-state index contributed by atoms with van der Waals surface area (Å²) >= 11 is 0. The van der Waals surface area contributed by atoms with Gasteiger partial charge in [0.25, 0.3) is 5.91 Å². The maximum Gasteiger partial charge on any atom is 0.252 e. The highest BCUT2D eigenvalue weighted by Crippen LogP contribution is 2.07. The van der Waals surface area contributed by atoms with Crippen molar-refractivity contribution < 1.29 is 9.21 Å². The van der Waals surface area contributed by atoms with E-state index in [1.54, 1.807) is 25.4 Å². The molecule has 128 valence electrons. The van der Waals surface area contributed by atoms with E-state index < -0.39 is 0 Å². The molecule has 0 saturated heterocycles. The van der Waals surface area contributed by atoms with E-state index in [4.69, 9.17) is 4.42 Å². The third kappa shape index (κ3) is 5.08. The number of aliphatic imine (C=N–C) groups is 1. The van der Waals surface area contributed by atoms with E-state index >= 15 is 0 Å². The highest BCUT2D eigenvalue weighted by atomic mass is 16.4. The molecule has 3 N–H and O–H groups in total. The van der Waals surface area contributed by atoms with Gasteiger partial charge >= 0.3 is 0 Å². The Morgan fingerprint density at radius 2 is 2.04 bits per heavy atom. The van der Waals surface area contributed by atoms with E-state index in [2.05, 4.69) is 30.9 Å². The van der Waals surface area contributed by atoms with E-state index in [0.717, 1.165) is 11.5 Å². The number of carbonyl (C=O) groups is 1. The van der Waals surface area contributed by atoms with Gasteiger partial charge in [0.2, 0.25) is 5.89 Å². The second-order valence-corrected chi connectivity index (χ2v) is 5.10. The van der Waals surface area contributed by atoms with Crippen LogP contribution in [0.5, 0.6) is 0 Å². The van der Waals surface area contributed by atoms with Crippen LogP contribution in [0.15, 0.2) is 33.9 Å². The van der Waals surface area contributed by atoms with Crippen LogP contribution in [-0.2, 0) is 6.54 Å². The summed E-state index contributed by atoms with van der Waals surface area (Å²) in [5.74, 6) is 1.88. The number of carbonyl (C=O) groups excluding carboxylic acids is 1. The lowest BCUT2D eigenvalue weighted by atomic mass is 10.3. The molecular formula is C16H22N6O2. The number of nitrogens with zero attached hydrogens (tertiary/aromatic N) is 3. The Morgan fingerprint density at radius 1 is 1.25 bits per heavy atom. The van der Waals surface area contributed by atoms with E-state index in [9.17, 15) is 4.79 Å². The quantitative estimate of drug-likeness (QED) is 0.411. The summed E-state index contributed by atoms with van der Waals surface area (Å²) in [5, 5.41) is 9.02. The molecule has 0 spiro atoms. The number of pyridine rings is 1. The maximum absolute atomic E-state index is 11.9. The van der Waals surface area contributed by atoms with Crippen LogP contribution in [0.1, 0.15) is 27.7 Å². The van der Waals surface area contributed by atoms with Crippen LogP contribution in [0.3, 0.4) is 0 Å². The molecule has 8 nitrogen and oxygen atoms in total. The zero-order chi connectivity index (χ0) is 17.4. The third-order valence-electron chi connectivity index (χ3n) is 3.33. The van der Waals surface area contributed by atoms with Crippen LogP contribution < -0.4 is 16.0 Å². The highest BCUT2D eigenvalue weighted by Gasteiger charge is 2.07. The molecule has 0 fully saturated rings. The lowest BCUT2D eigenvalue weighted by Gasteiger charge is -2.11. The van der Waals surface area contributed by atoms with Crippen LogP contribution in [0.4, 0.5) is 0 Å². The molecule has 2 aromatic rings. The first-order chi connectivity index (χ1) is 11.6. The molecule has 1 amide bonds. The predicted molar refractivity (Wildman–Crippen MR) is 90.7 cm³/mol. The first kappa shape index (κ1) is 17.5. The number of rotatable bonds is 6. The van der Waals surface area contributed by atoms with Crippen molar-refractivity contribution in [3.05, 3.63) is 47.4 Å². The Kier molecular flexibility index (Phi) is 6.30. The minimum atomic E-state index is -0.154. The molecule has 24 heavy (non-hydrogen) atoms. The first-order valence-electron chi connectivity index (χ1n) is 7.66. The van der Waals surface area contributed by atoms with Crippen molar-refractivity contribution in [1.29, 1.82) is 0 Å². The zero-order valence-corrected chi connectivity index (χ0v) is 14.1. The molecule has 0 aromatic carbocycles. The Morgan fingerprint density at radius 3 is 2.67 bits per heavy atom. The Hall–Kier alpha value is -2.90. The molecule has 8 heteroatoms. The number of aromatic nitrogens is 2. The van der Waals surface area contributed by atoms with Crippen molar-refractivity contribution in [1.82, 2.24) is 25.9 Å². The number of hydrogen-bond acceptors (Lipinski definition) is 5. The van der Waals surface area contributed by atoms with Gasteiger partial charge in [-0.05, 0) is 26.0 Å². The average molecular weight is 330 g/mol. The van der Waals surface area contributed by atoms with Gasteiger partial charge in [-0.2, -0.15) is 0 Å². The van der Waals surface area contributed by atoms with Crippen molar-refractivity contribution in [2.45, 2.75) is 20.4 Å². The third-order valence-corrected chi connectivity index (χ3v) is 3.33. The molecule has 2 heterocycles. The molecule has 0 radical (unpaired) electrons. The molecule has 2 aromatic heterocycles. The summed E-state index contributed by atoms with van der Waals surface area (Å²) in [5.41, 5.74) is 1.42. The molecule has 0 aliphatic rings. The van der Waals surface area contributed by atoms with Gasteiger partial charge in [0.05, 0.1) is 17.8 Å². The smallest absolute Gasteiger partial charge is 0.252 e. The van der Waals surface area contributed by atoms with Crippen LogP contribution >= 0.6 is 0 Å². The largest absolute Gasteiger partial charge is 0.444 e. The molecule has 0 unspecified atom stereocenters. The second kappa shape index (κ2) is 8.66. The van der Waals surface area contributed by atoms with Gasteiger partial charge in [-0.3, -0.25) is 14.8 Å². The molecule has 0 aliphatic carbocycles. The predicted octanol–water partition coefficient (Wildman–Crippen LogP) is 0.781. The van der Waals surface area contributed by atoms with Gasteiger partial charge < -0.3 is 20.4 Å². The van der Waals surface area contributed by atoms with Gasteiger partial charge in [-0.15, -0.1) is 0 Å². The molecule has 2 rings (SSSR count). The van der Waals surface area contributed by atoms with Gasteiger partial charge in [0.1, 0.15) is 5.76 Å². The number of guanidine groups is 1. The highest BCUT2D eigenvalue weighted by molar-refractivity contribution is 5.93. The van der Waals surface area contributed by atoms with E-state index in [-0.39, 0.29) is 5.91 Å². The van der Waals surface area contributed by atoms with Crippen LogP contribution in [0, 0.1) is 13.8 Å². The monoisotopic (exact) mass is 330 g/mol. The standard InChI is InChI=1S/C16H22N6O2/c1-11-12(2)24-14(22-11)10-21-16(17-3)20-8-7-19-15(23)13-5-4-6-18-9-13/h4-6,9H,7-8,10H2,1-3H3,(H,19,23)(H2,17,20,21). The SMILES string of the molecule is CN=C(NCCNC(=O)c1cccnc1)NCc1nc(C)c(C)o1. The number of oxazole rings is 1. The Labute approximate surface area is 140 Å². The van der Waals surface area contributed by atoms with Crippen LogP contribution in [-0.4, -0.2) is 42.0 Å². The minimum Gasteiger partial charge on any atom is -0.444 e. The summed E-state index contributed by atoms with van der Waals surface area (Å²) in [6.45, 7) is 5.22. The van der Waals surface area contributed by atoms with Gasteiger partial charge in [-0.1, -0.05) is 0 Å². The normalized spacial score (nSPS) is 11.2. The lowest BCUT2D eigenvalue weighted by Crippen LogP contribution is -2.41. The topological polar surface area (TPSA) is 104 Å². The molecule has 0 atom stereocenters. The van der Waals surface area contributed by atoms with E-state index in [1.807, 2.05) is 13.8 Å². The molecule has 0 saturated carbocycles. The molecule has 0 bridgehead atoms. The summed E-state index contributed by atoms with van der Waals surface area (Å²) in [7, 11) is 1.68. The average Bonchev–Trinajstić information content (AvgIpc) is 2.93. The van der Waals surface area contributed by atoms with Gasteiger partial charge in [0.15, 0.2) is 5.96 Å². The minimum absolute atomic E-state index is 0.154. The van der Waals surface area contributed by atoms with Crippen molar-refractivity contribution in [3.8, 4) is 0 Å². The molecular weight excluding hydrogens is 308 g/mol. The number of nitrogens with one attached hydrogen (secondary N) is 3. The summed E-state index contributed by atoms with van der Waals surface area (Å²) in [6, 6.07) is 3.45. The van der Waals surface area contributed by atoms with E-state index in [1.165, 1.54) is 6.20 Å². The van der Waals surface area contributed by atoms with Crippen molar-refractivity contribution >= 4 is 11.9 Å². The van der Waals surface area contributed by atoms with Crippen molar-refractivity contribution in [3.63, 3.8) is 0 Å². The first-order valence-corrected chi connectivity index (χ1v) is 7.66. The second-order valence-electron chi connectivity index (χ2n) is 5.10. The zero-order valence-electron chi connectivity index (χ0n) is 14.1. The van der Waals surface area contributed by atoms with Crippen molar-refractivity contribution in [2.75, 3.05) is 20.1 Å². The Bertz CT molecular complexity index is 676. The fourth-order valence-electron chi connectivity index (χ4n) is 1.95. The van der Waals surface area contributed by atoms with Crippen LogP contribution in [0.25, 0.3) is 0 Å². The summed E-state index contributed by atoms with van der Waals surface area (Å²) in [6.07, 6.45) is 3.16. The number of amides is 1. The maximum atomic E-state index is 11.9. The fourth-order valence-corrected chi connectivity index (χ4v) is 1.95. The van der Waals surface area contributed by atoms with Gasteiger partial charge in [0, 0.05) is 32.5 Å². The van der Waals surface area contributed by atoms with Crippen LogP contribution in [0.2, 0.25) is 0 Å². The molecule has 0 aliphatic heterocycles.